The number of benzene rings is 1. The summed E-state index contributed by atoms with van der Waals surface area (Å²) in [7, 11) is 0. The minimum atomic E-state index is -0.426. The van der Waals surface area contributed by atoms with Crippen LogP contribution in [-0.2, 0) is 4.79 Å². The highest BCUT2D eigenvalue weighted by Crippen LogP contribution is 2.27. The number of anilines is 3. The Bertz CT molecular complexity index is 1080. The van der Waals surface area contributed by atoms with Crippen molar-refractivity contribution in [3.05, 3.63) is 46.6 Å². The molecule has 3 aromatic rings. The summed E-state index contributed by atoms with van der Waals surface area (Å²) in [6.45, 7) is 3.21. The van der Waals surface area contributed by atoms with E-state index in [1.54, 1.807) is 12.1 Å². The van der Waals surface area contributed by atoms with Crippen LogP contribution in [0.1, 0.15) is 30.3 Å². The van der Waals surface area contributed by atoms with E-state index in [9.17, 15) is 9.59 Å². The maximum atomic E-state index is 12.7. The normalized spacial score (nSPS) is 13.3. The maximum Gasteiger partial charge on any atom is 0.277 e. The second-order valence-corrected chi connectivity index (χ2v) is 8.08. The predicted octanol–water partition coefficient (Wildman–Crippen LogP) is 4.06. The topological polar surface area (TPSA) is 100 Å². The van der Waals surface area contributed by atoms with E-state index in [2.05, 4.69) is 25.6 Å². The lowest BCUT2D eigenvalue weighted by molar-refractivity contribution is -0.114. The second kappa shape index (κ2) is 8.76. The van der Waals surface area contributed by atoms with E-state index >= 15 is 0 Å². The van der Waals surface area contributed by atoms with E-state index < -0.39 is 5.91 Å². The highest BCUT2D eigenvalue weighted by molar-refractivity contribution is 7.14. The molecular weight excluding hydrogens is 424 g/mol. The highest BCUT2D eigenvalue weighted by atomic mass is 35.5. The number of carbonyl (C=O) groups is 2. The zero-order valence-corrected chi connectivity index (χ0v) is 17.8. The molecule has 2 aromatic heterocycles. The fourth-order valence-corrected chi connectivity index (χ4v) is 4.03. The van der Waals surface area contributed by atoms with E-state index in [0.29, 0.717) is 16.8 Å². The van der Waals surface area contributed by atoms with E-state index in [1.165, 1.54) is 24.5 Å². The van der Waals surface area contributed by atoms with Crippen LogP contribution in [0.2, 0.25) is 5.02 Å². The Morgan fingerprint density at radius 2 is 1.83 bits per heavy atom. The molecule has 3 heterocycles. The molecule has 0 atom stereocenters. The largest absolute Gasteiger partial charge is 0.341 e. The van der Waals surface area contributed by atoms with E-state index in [1.807, 2.05) is 22.4 Å². The zero-order valence-electron chi connectivity index (χ0n) is 16.2. The zero-order chi connectivity index (χ0) is 21.1. The minimum Gasteiger partial charge on any atom is -0.341 e. The second-order valence-electron chi connectivity index (χ2n) is 6.81. The molecule has 2 N–H and O–H groups in total. The van der Waals surface area contributed by atoms with Crippen LogP contribution in [0.15, 0.2) is 35.8 Å². The number of thiazole rings is 1. The lowest BCUT2D eigenvalue weighted by atomic mass is 10.1. The van der Waals surface area contributed by atoms with Gasteiger partial charge in [-0.1, -0.05) is 23.7 Å². The summed E-state index contributed by atoms with van der Waals surface area (Å²) in [5.41, 5.74) is 2.43. The number of halogens is 1. The van der Waals surface area contributed by atoms with Crippen LogP contribution in [0.4, 0.5) is 16.8 Å². The smallest absolute Gasteiger partial charge is 0.277 e. The fraction of sp³-hybridized carbons (Fsp3) is 0.250. The molecule has 1 aromatic carbocycles. The van der Waals surface area contributed by atoms with Gasteiger partial charge in [0.2, 0.25) is 11.9 Å². The van der Waals surface area contributed by atoms with Gasteiger partial charge in [-0.2, -0.15) is 0 Å². The maximum absolute atomic E-state index is 12.7. The Morgan fingerprint density at radius 3 is 2.53 bits per heavy atom. The van der Waals surface area contributed by atoms with Crippen molar-refractivity contribution in [3.8, 4) is 11.3 Å². The number of hydrogen-bond donors (Lipinski definition) is 2. The number of nitrogens with zero attached hydrogens (tertiary/aromatic N) is 4. The number of amides is 2. The van der Waals surface area contributed by atoms with E-state index in [-0.39, 0.29) is 16.6 Å². The Kier molecular flexibility index (Phi) is 5.91. The van der Waals surface area contributed by atoms with Gasteiger partial charge in [-0.15, -0.1) is 11.3 Å². The van der Waals surface area contributed by atoms with Gasteiger partial charge in [0, 0.05) is 36.6 Å². The molecule has 154 valence electrons. The molecule has 8 nitrogen and oxygen atoms in total. The lowest BCUT2D eigenvalue weighted by Crippen LogP contribution is -2.23. The van der Waals surface area contributed by atoms with Crippen molar-refractivity contribution < 1.29 is 9.59 Å². The molecule has 0 aliphatic carbocycles. The molecule has 1 fully saturated rings. The van der Waals surface area contributed by atoms with Gasteiger partial charge in [-0.3, -0.25) is 14.9 Å². The van der Waals surface area contributed by atoms with Crippen molar-refractivity contribution in [2.24, 2.45) is 0 Å². The van der Waals surface area contributed by atoms with E-state index in [0.717, 1.165) is 37.2 Å². The Hall–Kier alpha value is -3.04. The summed E-state index contributed by atoms with van der Waals surface area (Å²) in [6, 6.07) is 7.31. The van der Waals surface area contributed by atoms with Crippen molar-refractivity contribution >= 4 is 51.5 Å². The van der Waals surface area contributed by atoms with Crippen LogP contribution >= 0.6 is 22.9 Å². The van der Waals surface area contributed by atoms with Crippen molar-refractivity contribution in [3.63, 3.8) is 0 Å². The molecule has 1 aliphatic rings. The molecule has 0 unspecified atom stereocenters. The fourth-order valence-electron chi connectivity index (χ4n) is 3.13. The lowest BCUT2D eigenvalue weighted by Gasteiger charge is -2.15. The summed E-state index contributed by atoms with van der Waals surface area (Å²) in [5, 5.41) is 7.97. The van der Waals surface area contributed by atoms with Crippen LogP contribution in [-0.4, -0.2) is 39.9 Å². The predicted molar refractivity (Wildman–Crippen MR) is 118 cm³/mol. The molecule has 0 saturated carbocycles. The molecule has 0 radical (unpaired) electrons. The molecule has 30 heavy (non-hydrogen) atoms. The number of aromatic nitrogens is 3. The Morgan fingerprint density at radius 1 is 1.10 bits per heavy atom. The van der Waals surface area contributed by atoms with Crippen LogP contribution in [0.5, 0.6) is 0 Å². The molecule has 0 spiro atoms. The van der Waals surface area contributed by atoms with Crippen LogP contribution < -0.4 is 15.5 Å². The number of hydrogen-bond acceptors (Lipinski definition) is 7. The van der Waals surface area contributed by atoms with Gasteiger partial charge in [-0.25, -0.2) is 15.0 Å². The first-order valence-electron chi connectivity index (χ1n) is 9.42. The first-order chi connectivity index (χ1) is 14.5. The highest BCUT2D eigenvalue weighted by Gasteiger charge is 2.20. The number of nitrogens with one attached hydrogen (secondary N) is 2. The van der Waals surface area contributed by atoms with Crippen molar-refractivity contribution in [1.82, 2.24) is 15.0 Å². The summed E-state index contributed by atoms with van der Waals surface area (Å²) < 4.78 is 0. The van der Waals surface area contributed by atoms with Gasteiger partial charge in [-0.05, 0) is 25.0 Å². The molecule has 2 amide bonds. The first kappa shape index (κ1) is 20.2. The van der Waals surface area contributed by atoms with Crippen LogP contribution in [0.3, 0.4) is 0 Å². The number of rotatable bonds is 5. The van der Waals surface area contributed by atoms with E-state index in [4.69, 9.17) is 11.6 Å². The number of carbonyl (C=O) groups excluding carboxylic acids is 2. The Balaban J connectivity index is 1.48. The van der Waals surface area contributed by atoms with Crippen molar-refractivity contribution in [2.45, 2.75) is 19.8 Å². The van der Waals surface area contributed by atoms with Crippen molar-refractivity contribution in [2.75, 3.05) is 28.6 Å². The van der Waals surface area contributed by atoms with Gasteiger partial charge in [0.15, 0.2) is 10.8 Å². The summed E-state index contributed by atoms with van der Waals surface area (Å²) >= 11 is 7.47. The molecule has 4 rings (SSSR count). The third kappa shape index (κ3) is 4.58. The minimum absolute atomic E-state index is 0.127. The Labute approximate surface area is 182 Å². The molecule has 1 aliphatic heterocycles. The molecule has 1 saturated heterocycles. The average molecular weight is 443 g/mol. The van der Waals surface area contributed by atoms with Gasteiger partial charge >= 0.3 is 0 Å². The molecule has 10 heteroatoms. The standard InChI is InChI=1S/C20H19ClN6O2S/c1-12(28)23-14-6-4-13(5-7-14)16-11-30-20(24-16)26-18(29)17-15(21)10-22-19(25-17)27-8-2-3-9-27/h4-7,10-11H,2-3,8-9H2,1H3,(H,23,28)(H,24,26,29). The van der Waals surface area contributed by atoms with Gasteiger partial charge in [0.1, 0.15) is 0 Å². The third-order valence-corrected chi connectivity index (χ3v) is 5.60. The van der Waals surface area contributed by atoms with Gasteiger partial charge in [0.25, 0.3) is 5.91 Å². The SMILES string of the molecule is CC(=O)Nc1ccc(-c2csc(NC(=O)c3nc(N4CCCC4)ncc3Cl)n2)cc1. The molecular formula is C20H19ClN6O2S. The van der Waals surface area contributed by atoms with Crippen molar-refractivity contribution in [1.29, 1.82) is 0 Å². The van der Waals surface area contributed by atoms with Gasteiger partial charge in [0.05, 0.1) is 16.9 Å². The van der Waals surface area contributed by atoms with Crippen LogP contribution in [0, 0.1) is 0 Å². The average Bonchev–Trinajstić information content (AvgIpc) is 3.41. The summed E-state index contributed by atoms with van der Waals surface area (Å²) in [6.07, 6.45) is 3.63. The van der Waals surface area contributed by atoms with Crippen LogP contribution in [0.25, 0.3) is 11.3 Å². The first-order valence-corrected chi connectivity index (χ1v) is 10.7. The monoisotopic (exact) mass is 442 g/mol. The van der Waals surface area contributed by atoms with Gasteiger partial charge < -0.3 is 10.2 Å². The third-order valence-electron chi connectivity index (χ3n) is 4.56. The quantitative estimate of drug-likeness (QED) is 0.617. The summed E-state index contributed by atoms with van der Waals surface area (Å²) in [5.74, 6) is -0.0384. The summed E-state index contributed by atoms with van der Waals surface area (Å²) in [4.78, 5) is 39.0. The molecule has 0 bridgehead atoms.